The van der Waals surface area contributed by atoms with Crippen molar-refractivity contribution in [3.05, 3.63) is 29.8 Å². The molecule has 4 N–H and O–H groups in total. The highest BCUT2D eigenvalue weighted by Crippen LogP contribution is 2.23. The molecule has 0 spiro atoms. The molecule has 5 nitrogen and oxygen atoms in total. The van der Waals surface area contributed by atoms with Crippen molar-refractivity contribution in [1.29, 1.82) is 0 Å². The highest BCUT2D eigenvalue weighted by molar-refractivity contribution is 7.89. The Morgan fingerprint density at radius 2 is 2.10 bits per heavy atom. The van der Waals surface area contributed by atoms with Gasteiger partial charge in [-0.2, -0.15) is 0 Å². The van der Waals surface area contributed by atoms with Crippen molar-refractivity contribution >= 4 is 15.7 Å². The number of aromatic hydroxyl groups is 1. The lowest BCUT2D eigenvalue weighted by atomic mass is 9.97. The Kier molecular flexibility index (Phi) is 4.67. The Morgan fingerprint density at radius 3 is 2.75 bits per heavy atom. The minimum absolute atomic E-state index is 0.0582. The Labute approximate surface area is 119 Å². The van der Waals surface area contributed by atoms with Crippen molar-refractivity contribution in [3.63, 3.8) is 0 Å². The van der Waals surface area contributed by atoms with Crippen LogP contribution in [0.5, 0.6) is 5.75 Å². The molecule has 0 amide bonds. The molecule has 110 valence electrons. The van der Waals surface area contributed by atoms with Gasteiger partial charge in [0.05, 0.1) is 10.6 Å². The molecule has 20 heavy (non-hydrogen) atoms. The normalized spacial score (nSPS) is 15.9. The number of sulfonamides is 1. The average Bonchev–Trinajstić information content (AvgIpc) is 2.43. The summed E-state index contributed by atoms with van der Waals surface area (Å²) in [5.41, 5.74) is 6.89. The molecule has 1 aliphatic carbocycles. The van der Waals surface area contributed by atoms with E-state index in [2.05, 4.69) is 10.8 Å². The molecule has 0 bridgehead atoms. The first kappa shape index (κ1) is 14.9. The van der Waals surface area contributed by atoms with Gasteiger partial charge in [0.2, 0.25) is 10.0 Å². The second-order valence-corrected chi connectivity index (χ2v) is 6.74. The number of phenols is 1. The van der Waals surface area contributed by atoms with Gasteiger partial charge in [0, 0.05) is 6.54 Å². The van der Waals surface area contributed by atoms with E-state index in [1.807, 2.05) is 0 Å². The van der Waals surface area contributed by atoms with E-state index in [1.165, 1.54) is 36.6 Å². The maximum atomic E-state index is 12.1. The highest BCUT2D eigenvalue weighted by Gasteiger charge is 2.15. The zero-order valence-corrected chi connectivity index (χ0v) is 12.1. The van der Waals surface area contributed by atoms with Gasteiger partial charge < -0.3 is 10.8 Å². The number of anilines is 1. The van der Waals surface area contributed by atoms with Gasteiger partial charge >= 0.3 is 0 Å². The van der Waals surface area contributed by atoms with Crippen LogP contribution in [0.25, 0.3) is 0 Å². The summed E-state index contributed by atoms with van der Waals surface area (Å²) in [6.07, 6.45) is 7.52. The monoisotopic (exact) mass is 296 g/mol. The maximum absolute atomic E-state index is 12.1. The molecular formula is C14H20N2O3S. The van der Waals surface area contributed by atoms with Crippen molar-refractivity contribution in [3.8, 4) is 5.75 Å². The summed E-state index contributed by atoms with van der Waals surface area (Å²) in [4.78, 5) is 0.0745. The molecule has 0 heterocycles. The summed E-state index contributed by atoms with van der Waals surface area (Å²) in [5, 5.41) is 9.31. The van der Waals surface area contributed by atoms with Gasteiger partial charge in [0.1, 0.15) is 5.75 Å². The fourth-order valence-corrected chi connectivity index (χ4v) is 3.33. The lowest BCUT2D eigenvalue weighted by Gasteiger charge is -2.13. The quantitative estimate of drug-likeness (QED) is 0.441. The molecule has 0 aliphatic heterocycles. The lowest BCUT2D eigenvalue weighted by molar-refractivity contribution is 0.477. The van der Waals surface area contributed by atoms with Gasteiger partial charge in [-0.15, -0.1) is 0 Å². The van der Waals surface area contributed by atoms with Gasteiger partial charge in [-0.3, -0.25) is 0 Å². The first-order chi connectivity index (χ1) is 9.49. The van der Waals surface area contributed by atoms with Crippen molar-refractivity contribution in [1.82, 2.24) is 4.72 Å². The van der Waals surface area contributed by atoms with Crippen LogP contribution in [-0.4, -0.2) is 20.1 Å². The standard InChI is InChI=1S/C14H20N2O3S/c15-13-10-12(6-7-14(13)17)20(18,19)16-9-8-11-4-2-1-3-5-11/h4,6-7,10,16-17H,1-3,5,8-9,15H2. The second kappa shape index (κ2) is 6.28. The SMILES string of the molecule is Nc1cc(S(=O)(=O)NCCC2=CCCCC2)ccc1O. The molecule has 1 aromatic rings. The van der Waals surface area contributed by atoms with Gasteiger partial charge in [-0.05, 0) is 50.3 Å². The number of rotatable bonds is 5. The first-order valence-corrected chi connectivity index (χ1v) is 8.23. The first-order valence-electron chi connectivity index (χ1n) is 6.75. The molecule has 2 rings (SSSR count). The van der Waals surface area contributed by atoms with E-state index < -0.39 is 10.0 Å². The van der Waals surface area contributed by atoms with Crippen LogP contribution in [0, 0.1) is 0 Å². The van der Waals surface area contributed by atoms with Crippen molar-refractivity contribution < 1.29 is 13.5 Å². The number of benzene rings is 1. The van der Waals surface area contributed by atoms with Crippen LogP contribution in [-0.2, 0) is 10.0 Å². The number of allylic oxidation sites excluding steroid dienone is 1. The maximum Gasteiger partial charge on any atom is 0.240 e. The third kappa shape index (κ3) is 3.74. The lowest BCUT2D eigenvalue weighted by Crippen LogP contribution is -2.25. The Balaban J connectivity index is 1.96. The molecular weight excluding hydrogens is 276 g/mol. The van der Waals surface area contributed by atoms with E-state index in [4.69, 9.17) is 5.73 Å². The van der Waals surface area contributed by atoms with Gasteiger partial charge in [-0.25, -0.2) is 13.1 Å². The number of phenolic OH excluding ortho intramolecular Hbond substituents is 1. The minimum Gasteiger partial charge on any atom is -0.506 e. The van der Waals surface area contributed by atoms with E-state index in [0.717, 1.165) is 19.3 Å². The number of nitrogen functional groups attached to an aromatic ring is 1. The summed E-state index contributed by atoms with van der Waals surface area (Å²) >= 11 is 0. The number of hydrogen-bond acceptors (Lipinski definition) is 4. The Hall–Kier alpha value is -1.53. The number of hydrogen-bond donors (Lipinski definition) is 3. The Morgan fingerprint density at radius 1 is 1.30 bits per heavy atom. The van der Waals surface area contributed by atoms with Crippen LogP contribution in [0.15, 0.2) is 34.7 Å². The van der Waals surface area contributed by atoms with Crippen LogP contribution >= 0.6 is 0 Å². The summed E-state index contributed by atoms with van der Waals surface area (Å²) in [5.74, 6) is -0.115. The van der Waals surface area contributed by atoms with Crippen LogP contribution in [0.3, 0.4) is 0 Å². The zero-order chi connectivity index (χ0) is 14.6. The molecule has 0 fully saturated rings. The molecule has 0 saturated carbocycles. The van der Waals surface area contributed by atoms with Crippen molar-refractivity contribution in [2.24, 2.45) is 0 Å². The molecule has 0 saturated heterocycles. The minimum atomic E-state index is -3.57. The topological polar surface area (TPSA) is 92.4 Å². The number of nitrogens with one attached hydrogen (secondary N) is 1. The molecule has 1 aromatic carbocycles. The Bertz CT molecular complexity index is 609. The van der Waals surface area contributed by atoms with Crippen LogP contribution < -0.4 is 10.5 Å². The van der Waals surface area contributed by atoms with E-state index in [-0.39, 0.29) is 16.3 Å². The van der Waals surface area contributed by atoms with Crippen LogP contribution in [0.2, 0.25) is 0 Å². The van der Waals surface area contributed by atoms with Gasteiger partial charge in [0.25, 0.3) is 0 Å². The molecule has 0 radical (unpaired) electrons. The summed E-state index contributed by atoms with van der Waals surface area (Å²) in [6.45, 7) is 0.384. The second-order valence-electron chi connectivity index (χ2n) is 4.98. The van der Waals surface area contributed by atoms with Crippen molar-refractivity contribution in [2.45, 2.75) is 37.0 Å². The largest absolute Gasteiger partial charge is 0.506 e. The van der Waals surface area contributed by atoms with E-state index >= 15 is 0 Å². The average molecular weight is 296 g/mol. The predicted molar refractivity (Wildman–Crippen MR) is 78.9 cm³/mol. The van der Waals surface area contributed by atoms with Gasteiger partial charge in [-0.1, -0.05) is 11.6 Å². The summed E-state index contributed by atoms with van der Waals surface area (Å²) < 4.78 is 26.7. The molecule has 1 aliphatic rings. The smallest absolute Gasteiger partial charge is 0.240 e. The molecule has 0 aromatic heterocycles. The molecule has 0 atom stereocenters. The van der Waals surface area contributed by atoms with Crippen LogP contribution in [0.1, 0.15) is 32.1 Å². The van der Waals surface area contributed by atoms with Crippen molar-refractivity contribution in [2.75, 3.05) is 12.3 Å². The zero-order valence-electron chi connectivity index (χ0n) is 11.3. The summed E-state index contributed by atoms with van der Waals surface area (Å²) in [7, 11) is -3.57. The molecule has 0 unspecified atom stereocenters. The van der Waals surface area contributed by atoms with E-state index in [0.29, 0.717) is 6.54 Å². The fraction of sp³-hybridized carbons (Fsp3) is 0.429. The van der Waals surface area contributed by atoms with Crippen LogP contribution in [0.4, 0.5) is 5.69 Å². The fourth-order valence-electron chi connectivity index (χ4n) is 2.26. The number of nitrogens with two attached hydrogens (primary N) is 1. The third-order valence-electron chi connectivity index (χ3n) is 3.43. The van der Waals surface area contributed by atoms with Gasteiger partial charge in [0.15, 0.2) is 0 Å². The van der Waals surface area contributed by atoms with E-state index in [9.17, 15) is 13.5 Å². The highest BCUT2D eigenvalue weighted by atomic mass is 32.2. The van der Waals surface area contributed by atoms with E-state index in [1.54, 1.807) is 0 Å². The third-order valence-corrected chi connectivity index (χ3v) is 4.89. The predicted octanol–water partition coefficient (Wildman–Crippen LogP) is 2.14. The molecule has 6 heteroatoms. The summed E-state index contributed by atoms with van der Waals surface area (Å²) in [6, 6.07) is 3.89.